The summed E-state index contributed by atoms with van der Waals surface area (Å²) in [4.78, 5) is 28.4. The number of hydrogen-bond donors (Lipinski definition) is 0. The Hall–Kier alpha value is -4.75. The molecular formula is C34H28N2O4S. The van der Waals surface area contributed by atoms with Gasteiger partial charge in [-0.15, -0.1) is 0 Å². The lowest BCUT2D eigenvalue weighted by atomic mass is 10.2. The summed E-state index contributed by atoms with van der Waals surface area (Å²) in [5.74, 6) is 1.37. The predicted octanol–water partition coefficient (Wildman–Crippen LogP) is 7.64. The molecule has 0 aliphatic heterocycles. The summed E-state index contributed by atoms with van der Waals surface area (Å²) in [5, 5.41) is 2.67. The van der Waals surface area contributed by atoms with E-state index < -0.39 is 0 Å². The quantitative estimate of drug-likeness (QED) is 0.170. The molecule has 3 heterocycles. The average molecular weight is 561 g/mol. The number of hydrogen-bond acceptors (Lipinski definition) is 5. The Kier molecular flexibility index (Phi) is 7.60. The van der Waals surface area contributed by atoms with E-state index in [2.05, 4.69) is 0 Å². The zero-order valence-electron chi connectivity index (χ0n) is 22.5. The van der Waals surface area contributed by atoms with Crippen molar-refractivity contribution in [2.24, 2.45) is 0 Å². The maximum Gasteiger partial charge on any atom is 0.332 e. The van der Waals surface area contributed by atoms with Crippen LogP contribution in [0.25, 0.3) is 34.1 Å². The summed E-state index contributed by atoms with van der Waals surface area (Å²) < 4.78 is 14.7. The first-order chi connectivity index (χ1) is 20.1. The number of para-hydroxylation sites is 2. The lowest BCUT2D eigenvalue weighted by Crippen LogP contribution is -2.42. The zero-order chi connectivity index (χ0) is 28.2. The van der Waals surface area contributed by atoms with Crippen LogP contribution in [0.15, 0.2) is 131 Å². The second-order valence-electron chi connectivity index (χ2n) is 9.54. The van der Waals surface area contributed by atoms with Gasteiger partial charge in [-0.2, -0.15) is 0 Å². The van der Waals surface area contributed by atoms with Crippen LogP contribution in [0.1, 0.15) is 24.0 Å². The summed E-state index contributed by atoms with van der Waals surface area (Å²) in [6.45, 7) is 2.36. The van der Waals surface area contributed by atoms with E-state index in [0.717, 1.165) is 26.8 Å². The van der Waals surface area contributed by atoms with Crippen molar-refractivity contribution in [1.29, 1.82) is 0 Å². The third-order valence-electron chi connectivity index (χ3n) is 6.81. The maximum atomic E-state index is 13.8. The predicted molar refractivity (Wildman–Crippen MR) is 165 cm³/mol. The largest absolute Gasteiger partial charge is 0.457 e. The first kappa shape index (κ1) is 26.5. The molecule has 6 aromatic rings. The van der Waals surface area contributed by atoms with Gasteiger partial charge in [-0.3, -0.25) is 13.9 Å². The van der Waals surface area contributed by atoms with Crippen LogP contribution >= 0.6 is 11.8 Å². The molecule has 3 aromatic carbocycles. The third kappa shape index (κ3) is 5.62. The summed E-state index contributed by atoms with van der Waals surface area (Å²) in [7, 11) is 0. The van der Waals surface area contributed by atoms with Crippen LogP contribution in [-0.4, -0.2) is 9.13 Å². The minimum atomic E-state index is -0.367. The van der Waals surface area contributed by atoms with Crippen molar-refractivity contribution in [2.75, 3.05) is 0 Å². The number of fused-ring (bicyclic) bond motifs is 2. The zero-order valence-corrected chi connectivity index (χ0v) is 23.3. The molecule has 0 spiro atoms. The average Bonchev–Trinajstić information content (AvgIpc) is 3.60. The van der Waals surface area contributed by atoms with Crippen LogP contribution in [0.5, 0.6) is 0 Å². The van der Waals surface area contributed by atoms with Gasteiger partial charge in [0.15, 0.2) is 0 Å². The van der Waals surface area contributed by atoms with Gasteiger partial charge in [-0.05, 0) is 55.0 Å². The van der Waals surface area contributed by atoms with Gasteiger partial charge in [0, 0.05) is 34.3 Å². The van der Waals surface area contributed by atoms with Gasteiger partial charge in [0.2, 0.25) is 0 Å². The fourth-order valence-corrected chi connectivity index (χ4v) is 5.93. The smallest absolute Gasteiger partial charge is 0.332 e. The molecule has 6 rings (SSSR count). The molecule has 0 aliphatic carbocycles. The van der Waals surface area contributed by atoms with E-state index in [1.54, 1.807) is 16.7 Å². The van der Waals surface area contributed by atoms with Crippen LogP contribution in [-0.2, 0) is 19.5 Å². The van der Waals surface area contributed by atoms with Gasteiger partial charge >= 0.3 is 5.69 Å². The van der Waals surface area contributed by atoms with E-state index in [4.69, 9.17) is 8.83 Å². The first-order valence-corrected chi connectivity index (χ1v) is 14.3. The molecule has 0 amide bonds. The molecule has 0 bridgehead atoms. The minimum Gasteiger partial charge on any atom is -0.457 e. The highest BCUT2D eigenvalue weighted by atomic mass is 32.2. The van der Waals surface area contributed by atoms with Crippen molar-refractivity contribution >= 4 is 45.9 Å². The van der Waals surface area contributed by atoms with Gasteiger partial charge in [0.1, 0.15) is 22.7 Å². The molecule has 0 saturated heterocycles. The number of nitrogens with zero attached hydrogens (tertiary/aromatic N) is 2. The number of furan rings is 2. The van der Waals surface area contributed by atoms with Crippen LogP contribution in [0.3, 0.4) is 0 Å². The topological polar surface area (TPSA) is 70.3 Å². The van der Waals surface area contributed by atoms with E-state index in [1.807, 2.05) is 110 Å². The van der Waals surface area contributed by atoms with E-state index in [0.29, 0.717) is 28.5 Å². The second-order valence-corrected chi connectivity index (χ2v) is 10.6. The molecular weight excluding hydrogens is 532 g/mol. The standard InChI is InChI=1S/C34H28N2O4S/c1-2-29-32(37)35(20-10-14-26-22-24-12-6-8-18-30(24)39-26)34(38)36(33(29)41-28-16-4-3-5-17-28)21-11-15-27-23-25-13-7-9-19-31(25)40-27/h3-19,22-23H,2,20-21H2,1H3/b14-10+,15-11+. The highest BCUT2D eigenvalue weighted by Gasteiger charge is 2.18. The molecule has 0 fully saturated rings. The van der Waals surface area contributed by atoms with Gasteiger partial charge in [0.05, 0.1) is 5.03 Å². The van der Waals surface area contributed by atoms with Crippen molar-refractivity contribution < 1.29 is 8.83 Å². The van der Waals surface area contributed by atoms with Crippen LogP contribution in [0.4, 0.5) is 0 Å². The molecule has 0 unspecified atom stereocenters. The monoisotopic (exact) mass is 560 g/mol. The summed E-state index contributed by atoms with van der Waals surface area (Å²) in [6, 6.07) is 29.3. The van der Waals surface area contributed by atoms with Crippen LogP contribution in [0.2, 0.25) is 0 Å². The van der Waals surface area contributed by atoms with Gasteiger partial charge in [0.25, 0.3) is 5.56 Å². The second kappa shape index (κ2) is 11.8. The Morgan fingerprint density at radius 2 is 1.24 bits per heavy atom. The van der Waals surface area contributed by atoms with Crippen molar-refractivity contribution in [3.63, 3.8) is 0 Å². The van der Waals surface area contributed by atoms with E-state index >= 15 is 0 Å². The molecule has 7 heteroatoms. The molecule has 41 heavy (non-hydrogen) atoms. The third-order valence-corrected chi connectivity index (χ3v) is 7.98. The van der Waals surface area contributed by atoms with E-state index in [9.17, 15) is 9.59 Å². The van der Waals surface area contributed by atoms with Crippen molar-refractivity contribution in [1.82, 2.24) is 9.13 Å². The van der Waals surface area contributed by atoms with Crippen molar-refractivity contribution in [3.05, 3.63) is 141 Å². The fraction of sp³-hybridized carbons (Fsp3) is 0.118. The number of benzene rings is 3. The van der Waals surface area contributed by atoms with Crippen LogP contribution < -0.4 is 11.2 Å². The minimum absolute atomic E-state index is 0.130. The fourth-order valence-electron chi connectivity index (χ4n) is 4.80. The molecule has 0 atom stereocenters. The Morgan fingerprint density at radius 3 is 1.80 bits per heavy atom. The summed E-state index contributed by atoms with van der Waals surface area (Å²) in [5.41, 5.74) is 1.56. The Labute approximate surface area is 240 Å². The van der Waals surface area contributed by atoms with E-state index in [-0.39, 0.29) is 24.3 Å². The van der Waals surface area contributed by atoms with Crippen LogP contribution in [0, 0.1) is 0 Å². The Bertz CT molecular complexity index is 1940. The lowest BCUT2D eigenvalue weighted by Gasteiger charge is -2.17. The Balaban J connectivity index is 1.36. The van der Waals surface area contributed by atoms with Gasteiger partial charge < -0.3 is 8.83 Å². The van der Waals surface area contributed by atoms with Crippen molar-refractivity contribution in [3.8, 4) is 0 Å². The Morgan fingerprint density at radius 1 is 0.707 bits per heavy atom. The molecule has 0 saturated carbocycles. The number of allylic oxidation sites excluding steroid dienone is 2. The maximum absolute atomic E-state index is 13.8. The summed E-state index contributed by atoms with van der Waals surface area (Å²) in [6.07, 6.45) is 7.85. The molecule has 3 aromatic heterocycles. The van der Waals surface area contributed by atoms with E-state index in [1.165, 1.54) is 16.3 Å². The lowest BCUT2D eigenvalue weighted by molar-refractivity contribution is 0.566. The number of aromatic nitrogens is 2. The molecule has 0 N–H and O–H groups in total. The SMILES string of the molecule is CCc1c(Sc2ccccc2)n(C/C=C/c2cc3ccccc3o2)c(=O)n(C/C=C/c2cc3ccccc3o2)c1=O. The normalized spacial score (nSPS) is 11.9. The van der Waals surface area contributed by atoms with Crippen molar-refractivity contribution in [2.45, 2.75) is 36.4 Å². The number of rotatable bonds is 9. The summed E-state index contributed by atoms with van der Waals surface area (Å²) >= 11 is 1.43. The van der Waals surface area contributed by atoms with Gasteiger partial charge in [-0.1, -0.05) is 85.4 Å². The highest BCUT2D eigenvalue weighted by molar-refractivity contribution is 7.99. The molecule has 6 nitrogen and oxygen atoms in total. The molecule has 0 aliphatic rings. The highest BCUT2D eigenvalue weighted by Crippen LogP contribution is 2.29. The first-order valence-electron chi connectivity index (χ1n) is 13.5. The molecule has 204 valence electrons. The molecule has 0 radical (unpaired) electrons. The van der Waals surface area contributed by atoms with Gasteiger partial charge in [-0.25, -0.2) is 4.79 Å².